The highest BCUT2D eigenvalue weighted by molar-refractivity contribution is 7.98. The van der Waals surface area contributed by atoms with Crippen LogP contribution < -0.4 is 15.4 Å². The smallest absolute Gasteiger partial charge is 0.251 e. The lowest BCUT2D eigenvalue weighted by Gasteiger charge is -2.19. The van der Waals surface area contributed by atoms with Gasteiger partial charge in [0.25, 0.3) is 5.91 Å². The number of tetrazole rings is 1. The highest BCUT2D eigenvalue weighted by atomic mass is 32.2. The van der Waals surface area contributed by atoms with Gasteiger partial charge in [0.2, 0.25) is 5.91 Å². The van der Waals surface area contributed by atoms with E-state index in [2.05, 4.69) is 26.2 Å². The maximum Gasteiger partial charge on any atom is 0.251 e. The maximum absolute atomic E-state index is 13.1. The van der Waals surface area contributed by atoms with Crippen molar-refractivity contribution < 1.29 is 14.3 Å². The number of aryl methyl sites for hydroxylation is 2. The fourth-order valence-corrected chi connectivity index (χ4v) is 3.62. The van der Waals surface area contributed by atoms with Crippen LogP contribution in [0, 0.1) is 13.8 Å². The number of hydrogen-bond donors (Lipinski definition) is 2. The Hall–Kier alpha value is -3.40. The van der Waals surface area contributed by atoms with Gasteiger partial charge in [-0.1, -0.05) is 17.7 Å². The predicted octanol–water partition coefficient (Wildman–Crippen LogP) is 2.78. The average Bonchev–Trinajstić information content (AvgIpc) is 3.22. The molecule has 0 aliphatic heterocycles. The van der Waals surface area contributed by atoms with E-state index in [4.69, 9.17) is 4.74 Å². The van der Waals surface area contributed by atoms with Gasteiger partial charge in [-0.2, -0.15) is 16.4 Å². The number of nitrogens with one attached hydrogen (secondary N) is 2. The largest absolute Gasteiger partial charge is 0.494 e. The molecule has 0 aliphatic rings. The van der Waals surface area contributed by atoms with Crippen molar-refractivity contribution in [1.29, 1.82) is 0 Å². The first kappa shape index (κ1) is 23.3. The van der Waals surface area contributed by atoms with Crippen LogP contribution in [-0.4, -0.2) is 57.2 Å². The van der Waals surface area contributed by atoms with Gasteiger partial charge in [-0.05, 0) is 73.0 Å². The van der Waals surface area contributed by atoms with Crippen molar-refractivity contribution in [3.05, 3.63) is 59.4 Å². The molecule has 0 aliphatic carbocycles. The Kier molecular flexibility index (Phi) is 7.82. The molecule has 1 atom stereocenters. The zero-order valence-corrected chi connectivity index (χ0v) is 19.3. The molecule has 10 heteroatoms. The van der Waals surface area contributed by atoms with Gasteiger partial charge in [0.1, 0.15) is 17.5 Å². The number of benzene rings is 2. The lowest BCUT2D eigenvalue weighted by Crippen LogP contribution is -2.44. The SMILES string of the molecule is COc1ccc(NC(=O)C(CCSC)NC(=O)c2cccc(C)c2)cc1-n1nnnc1C. The summed E-state index contributed by atoms with van der Waals surface area (Å²) < 4.78 is 6.93. The summed E-state index contributed by atoms with van der Waals surface area (Å²) in [6, 6.07) is 11.8. The number of nitrogens with zero attached hydrogens (tertiary/aromatic N) is 4. The number of rotatable bonds is 9. The second kappa shape index (κ2) is 10.8. The van der Waals surface area contributed by atoms with E-state index in [-0.39, 0.29) is 11.8 Å². The van der Waals surface area contributed by atoms with Crippen LogP contribution in [0.5, 0.6) is 5.75 Å². The number of anilines is 1. The van der Waals surface area contributed by atoms with Crippen LogP contribution in [0.3, 0.4) is 0 Å². The van der Waals surface area contributed by atoms with E-state index in [0.29, 0.717) is 34.9 Å². The van der Waals surface area contributed by atoms with Gasteiger partial charge in [-0.3, -0.25) is 9.59 Å². The Balaban J connectivity index is 1.80. The first-order valence-corrected chi connectivity index (χ1v) is 11.4. The normalized spacial score (nSPS) is 11.6. The van der Waals surface area contributed by atoms with Gasteiger partial charge >= 0.3 is 0 Å². The molecule has 9 nitrogen and oxygen atoms in total. The summed E-state index contributed by atoms with van der Waals surface area (Å²) in [6.07, 6.45) is 2.46. The molecular formula is C22H26N6O3S. The molecule has 1 aromatic heterocycles. The zero-order chi connectivity index (χ0) is 23.1. The van der Waals surface area contributed by atoms with Crippen molar-refractivity contribution in [2.75, 3.05) is 24.4 Å². The molecule has 168 valence electrons. The molecule has 1 heterocycles. The van der Waals surface area contributed by atoms with E-state index in [1.807, 2.05) is 25.3 Å². The van der Waals surface area contributed by atoms with E-state index < -0.39 is 6.04 Å². The molecule has 0 spiro atoms. The molecule has 0 bridgehead atoms. The molecule has 1 unspecified atom stereocenters. The van der Waals surface area contributed by atoms with E-state index >= 15 is 0 Å². The zero-order valence-electron chi connectivity index (χ0n) is 18.5. The van der Waals surface area contributed by atoms with E-state index in [1.165, 1.54) is 4.68 Å². The van der Waals surface area contributed by atoms with Crippen LogP contribution in [-0.2, 0) is 4.79 Å². The number of hydrogen-bond acceptors (Lipinski definition) is 7. The van der Waals surface area contributed by atoms with Crippen LogP contribution >= 0.6 is 11.8 Å². The van der Waals surface area contributed by atoms with Crippen LogP contribution in [0.1, 0.15) is 28.2 Å². The Morgan fingerprint density at radius 2 is 2.00 bits per heavy atom. The second-order valence-corrected chi connectivity index (χ2v) is 8.18. The average molecular weight is 455 g/mol. The van der Waals surface area contributed by atoms with E-state index in [1.54, 1.807) is 56.1 Å². The predicted molar refractivity (Wildman–Crippen MR) is 125 cm³/mol. The Bertz CT molecular complexity index is 1100. The van der Waals surface area contributed by atoms with Crippen molar-refractivity contribution in [1.82, 2.24) is 25.5 Å². The Morgan fingerprint density at radius 3 is 2.66 bits per heavy atom. The van der Waals surface area contributed by atoms with Gasteiger partial charge in [0.05, 0.1) is 7.11 Å². The third-order valence-corrected chi connectivity index (χ3v) is 5.46. The fourth-order valence-electron chi connectivity index (χ4n) is 3.15. The molecule has 2 amide bonds. The summed E-state index contributed by atoms with van der Waals surface area (Å²) in [6.45, 7) is 3.69. The van der Waals surface area contributed by atoms with Gasteiger partial charge in [0, 0.05) is 11.3 Å². The van der Waals surface area contributed by atoms with Crippen LogP contribution in [0.25, 0.3) is 5.69 Å². The van der Waals surface area contributed by atoms with Gasteiger partial charge in [-0.25, -0.2) is 0 Å². The molecule has 0 saturated carbocycles. The lowest BCUT2D eigenvalue weighted by atomic mass is 10.1. The second-order valence-electron chi connectivity index (χ2n) is 7.19. The Labute approximate surface area is 190 Å². The topological polar surface area (TPSA) is 111 Å². The van der Waals surface area contributed by atoms with Crippen LogP contribution in [0.2, 0.25) is 0 Å². The molecule has 32 heavy (non-hydrogen) atoms. The number of carbonyl (C=O) groups is 2. The summed E-state index contributed by atoms with van der Waals surface area (Å²) >= 11 is 1.61. The summed E-state index contributed by atoms with van der Waals surface area (Å²) in [4.78, 5) is 25.8. The van der Waals surface area contributed by atoms with Gasteiger partial charge in [0.15, 0.2) is 5.82 Å². The first-order chi connectivity index (χ1) is 15.4. The third-order valence-electron chi connectivity index (χ3n) is 4.81. The standard InChI is InChI=1S/C22H26N6O3S/c1-14-6-5-7-16(12-14)21(29)24-18(10-11-32-4)22(30)23-17-8-9-20(31-3)19(13-17)28-15(2)25-26-27-28/h5-9,12-13,18H,10-11H2,1-4H3,(H,23,30)(H,24,29). The number of thioether (sulfide) groups is 1. The highest BCUT2D eigenvalue weighted by Crippen LogP contribution is 2.26. The maximum atomic E-state index is 13.1. The molecule has 2 N–H and O–H groups in total. The van der Waals surface area contributed by atoms with Gasteiger partial charge in [-0.15, -0.1) is 5.10 Å². The summed E-state index contributed by atoms with van der Waals surface area (Å²) in [5, 5.41) is 17.3. The molecule has 3 rings (SSSR count). The van der Waals surface area contributed by atoms with Crippen molar-refractivity contribution >= 4 is 29.3 Å². The van der Waals surface area contributed by atoms with Crippen LogP contribution in [0.4, 0.5) is 5.69 Å². The third kappa shape index (κ3) is 5.64. The molecular weight excluding hydrogens is 428 g/mol. The fraction of sp³-hybridized carbons (Fsp3) is 0.318. The van der Waals surface area contributed by atoms with E-state index in [0.717, 1.165) is 11.3 Å². The summed E-state index contributed by atoms with van der Waals surface area (Å²) in [5.41, 5.74) is 2.64. The summed E-state index contributed by atoms with van der Waals surface area (Å²) in [5.74, 6) is 1.28. The van der Waals surface area contributed by atoms with E-state index in [9.17, 15) is 9.59 Å². The number of methoxy groups -OCH3 is 1. The quantitative estimate of drug-likeness (QED) is 0.511. The molecule has 3 aromatic rings. The minimum atomic E-state index is -0.684. The van der Waals surface area contributed by atoms with Crippen LogP contribution in [0.15, 0.2) is 42.5 Å². The Morgan fingerprint density at radius 1 is 1.19 bits per heavy atom. The number of amides is 2. The molecule has 0 saturated heterocycles. The summed E-state index contributed by atoms with van der Waals surface area (Å²) in [7, 11) is 1.55. The van der Waals surface area contributed by atoms with Crippen molar-refractivity contribution in [2.24, 2.45) is 0 Å². The molecule has 0 radical (unpaired) electrons. The monoisotopic (exact) mass is 454 g/mol. The van der Waals surface area contributed by atoms with Crippen molar-refractivity contribution in [2.45, 2.75) is 26.3 Å². The molecule has 2 aromatic carbocycles. The molecule has 0 fully saturated rings. The number of aromatic nitrogens is 4. The minimum absolute atomic E-state index is 0.283. The minimum Gasteiger partial charge on any atom is -0.494 e. The first-order valence-electron chi connectivity index (χ1n) is 10.0. The number of carbonyl (C=O) groups excluding carboxylic acids is 2. The van der Waals surface area contributed by atoms with Crippen molar-refractivity contribution in [3.63, 3.8) is 0 Å². The van der Waals surface area contributed by atoms with Gasteiger partial charge < -0.3 is 15.4 Å². The number of ether oxygens (including phenoxy) is 1. The lowest BCUT2D eigenvalue weighted by molar-refractivity contribution is -0.118. The van der Waals surface area contributed by atoms with Crippen molar-refractivity contribution in [3.8, 4) is 11.4 Å². The highest BCUT2D eigenvalue weighted by Gasteiger charge is 2.22.